The second kappa shape index (κ2) is 9.03. The third-order valence-corrected chi connectivity index (χ3v) is 4.57. The molecular formula is C17H30N2O4Si. The predicted molar refractivity (Wildman–Crippen MR) is 97.6 cm³/mol. The molecule has 0 aliphatic carbocycles. The molecule has 0 spiro atoms. The zero-order valence-corrected chi connectivity index (χ0v) is 16.7. The van der Waals surface area contributed by atoms with Gasteiger partial charge in [-0.1, -0.05) is 19.6 Å². The molecule has 1 rings (SSSR count). The van der Waals surface area contributed by atoms with E-state index in [1.807, 2.05) is 10.8 Å². The number of rotatable bonds is 8. The van der Waals surface area contributed by atoms with Gasteiger partial charge in [-0.3, -0.25) is 0 Å². The van der Waals surface area contributed by atoms with Crippen molar-refractivity contribution in [3.8, 4) is 0 Å². The number of imidazole rings is 1. The molecule has 0 aliphatic rings. The van der Waals surface area contributed by atoms with Gasteiger partial charge in [-0.15, -0.1) is 0 Å². The van der Waals surface area contributed by atoms with Crippen LogP contribution in [0.5, 0.6) is 0 Å². The van der Waals surface area contributed by atoms with Gasteiger partial charge in [0.2, 0.25) is 0 Å². The van der Waals surface area contributed by atoms with E-state index in [1.165, 1.54) is 0 Å². The Balaban J connectivity index is 2.27. The molecule has 1 heterocycles. The number of hydrogen-bond donors (Lipinski definition) is 0. The summed E-state index contributed by atoms with van der Waals surface area (Å²) in [4.78, 5) is 15.6. The molecule has 1 aromatic rings. The van der Waals surface area contributed by atoms with Gasteiger partial charge in [-0.05, 0) is 39.0 Å². The average Bonchev–Trinajstić information content (AvgIpc) is 2.85. The Morgan fingerprint density at radius 3 is 2.67 bits per heavy atom. The van der Waals surface area contributed by atoms with E-state index in [4.69, 9.17) is 14.2 Å². The Morgan fingerprint density at radius 1 is 1.33 bits per heavy atom. The molecule has 0 amide bonds. The number of nitrogens with zero attached hydrogens (tertiary/aromatic N) is 2. The van der Waals surface area contributed by atoms with Crippen molar-refractivity contribution >= 4 is 20.3 Å². The molecule has 0 atom stereocenters. The van der Waals surface area contributed by atoms with Crippen LogP contribution in [0.4, 0.5) is 4.79 Å². The molecule has 7 heteroatoms. The first-order valence-electron chi connectivity index (χ1n) is 8.17. The molecular weight excluding hydrogens is 324 g/mol. The topological polar surface area (TPSA) is 62.6 Å². The van der Waals surface area contributed by atoms with E-state index in [-0.39, 0.29) is 6.61 Å². The lowest BCUT2D eigenvalue weighted by Crippen LogP contribution is -2.24. The Kier molecular flexibility index (Phi) is 7.69. The normalized spacial score (nSPS) is 12.6. The summed E-state index contributed by atoms with van der Waals surface area (Å²) in [6, 6.07) is 1.15. The van der Waals surface area contributed by atoms with Crippen molar-refractivity contribution in [2.75, 3.05) is 13.2 Å². The van der Waals surface area contributed by atoms with Gasteiger partial charge in [0, 0.05) is 20.9 Å². The molecule has 0 unspecified atom stereocenters. The molecule has 1 aromatic heterocycles. The van der Waals surface area contributed by atoms with Crippen LogP contribution in [0, 0.1) is 0 Å². The molecule has 0 aromatic carbocycles. The van der Waals surface area contributed by atoms with Crippen LogP contribution in [0.15, 0.2) is 18.6 Å². The fourth-order valence-electron chi connectivity index (χ4n) is 1.65. The SMILES string of the molecule is CC(C)(C)OC(=O)OC/C=C/c1cn(COCC[Si](C)(C)C)cn1. The Morgan fingerprint density at radius 2 is 2.04 bits per heavy atom. The second-order valence-electron chi connectivity index (χ2n) is 7.84. The molecule has 0 saturated carbocycles. The van der Waals surface area contributed by atoms with Crippen molar-refractivity contribution in [1.29, 1.82) is 0 Å². The van der Waals surface area contributed by atoms with Crippen LogP contribution in [0.2, 0.25) is 25.7 Å². The van der Waals surface area contributed by atoms with Gasteiger partial charge in [0.25, 0.3) is 0 Å². The van der Waals surface area contributed by atoms with Crippen LogP contribution in [-0.2, 0) is 20.9 Å². The van der Waals surface area contributed by atoms with Gasteiger partial charge in [-0.25, -0.2) is 9.78 Å². The minimum Gasteiger partial charge on any atom is -0.430 e. The minimum absolute atomic E-state index is 0.147. The van der Waals surface area contributed by atoms with E-state index in [0.717, 1.165) is 18.3 Å². The highest BCUT2D eigenvalue weighted by Crippen LogP contribution is 2.09. The molecule has 24 heavy (non-hydrogen) atoms. The highest BCUT2D eigenvalue weighted by molar-refractivity contribution is 6.76. The van der Waals surface area contributed by atoms with Gasteiger partial charge in [0.05, 0.1) is 12.0 Å². The van der Waals surface area contributed by atoms with Gasteiger partial charge >= 0.3 is 6.16 Å². The summed E-state index contributed by atoms with van der Waals surface area (Å²) in [6.07, 6.45) is 6.46. The predicted octanol–water partition coefficient (Wildman–Crippen LogP) is 4.16. The van der Waals surface area contributed by atoms with Gasteiger partial charge in [-0.2, -0.15) is 0 Å². The molecule has 0 aliphatic heterocycles. The largest absolute Gasteiger partial charge is 0.509 e. The van der Waals surface area contributed by atoms with E-state index < -0.39 is 19.8 Å². The fraction of sp³-hybridized carbons (Fsp3) is 0.647. The summed E-state index contributed by atoms with van der Waals surface area (Å²) in [5.74, 6) is 0. The van der Waals surface area contributed by atoms with Gasteiger partial charge in [0.15, 0.2) is 0 Å². The van der Waals surface area contributed by atoms with E-state index >= 15 is 0 Å². The average molecular weight is 355 g/mol. The number of carbonyl (C=O) groups is 1. The molecule has 0 saturated heterocycles. The molecule has 0 bridgehead atoms. The van der Waals surface area contributed by atoms with Crippen molar-refractivity contribution in [3.63, 3.8) is 0 Å². The van der Waals surface area contributed by atoms with Crippen LogP contribution in [0.25, 0.3) is 6.08 Å². The molecule has 6 nitrogen and oxygen atoms in total. The smallest absolute Gasteiger partial charge is 0.430 e. The third-order valence-electron chi connectivity index (χ3n) is 2.87. The molecule has 0 fully saturated rings. The molecule has 136 valence electrons. The lowest BCUT2D eigenvalue weighted by molar-refractivity contribution is -0.00235. The second-order valence-corrected chi connectivity index (χ2v) is 13.5. The van der Waals surface area contributed by atoms with Crippen molar-refractivity contribution in [3.05, 3.63) is 24.3 Å². The standard InChI is InChI=1S/C17H30N2O4Si/c1-17(2,3)23-16(20)22-9-7-8-15-12-19(13-18-15)14-21-10-11-24(4,5)6/h7-8,12-13H,9-11,14H2,1-6H3/b8-7+. The monoisotopic (exact) mass is 354 g/mol. The molecule has 0 radical (unpaired) electrons. The maximum Gasteiger partial charge on any atom is 0.509 e. The Hall–Kier alpha value is -1.60. The third kappa shape index (κ3) is 10.2. The summed E-state index contributed by atoms with van der Waals surface area (Å²) < 4.78 is 17.5. The lowest BCUT2D eigenvalue weighted by atomic mass is 10.2. The highest BCUT2D eigenvalue weighted by atomic mass is 28.3. The number of ether oxygens (including phenoxy) is 3. The zero-order chi connectivity index (χ0) is 18.2. The number of carbonyl (C=O) groups excluding carboxylic acids is 1. The van der Waals surface area contributed by atoms with Gasteiger partial charge in [0.1, 0.15) is 18.9 Å². The van der Waals surface area contributed by atoms with Crippen molar-refractivity contribution in [1.82, 2.24) is 9.55 Å². The van der Waals surface area contributed by atoms with E-state index in [9.17, 15) is 4.79 Å². The van der Waals surface area contributed by atoms with Gasteiger partial charge < -0.3 is 18.8 Å². The van der Waals surface area contributed by atoms with Crippen LogP contribution < -0.4 is 0 Å². The fourth-order valence-corrected chi connectivity index (χ4v) is 2.40. The first kappa shape index (κ1) is 20.4. The Bertz CT molecular complexity index is 542. The minimum atomic E-state index is -1.05. The summed E-state index contributed by atoms with van der Waals surface area (Å²) in [7, 11) is -1.05. The number of hydrogen-bond acceptors (Lipinski definition) is 5. The van der Waals surface area contributed by atoms with Crippen molar-refractivity contribution < 1.29 is 19.0 Å². The van der Waals surface area contributed by atoms with Crippen LogP contribution in [0.1, 0.15) is 26.5 Å². The quantitative estimate of drug-likeness (QED) is 0.398. The Labute approximate surface area is 145 Å². The zero-order valence-electron chi connectivity index (χ0n) is 15.7. The van der Waals surface area contributed by atoms with Crippen molar-refractivity contribution in [2.24, 2.45) is 0 Å². The van der Waals surface area contributed by atoms with E-state index in [2.05, 4.69) is 24.6 Å². The highest BCUT2D eigenvalue weighted by Gasteiger charge is 2.16. The van der Waals surface area contributed by atoms with Crippen LogP contribution in [-0.4, -0.2) is 42.6 Å². The summed E-state index contributed by atoms with van der Waals surface area (Å²) in [6.45, 7) is 13.8. The maximum absolute atomic E-state index is 11.4. The summed E-state index contributed by atoms with van der Waals surface area (Å²) in [5.41, 5.74) is 0.242. The summed E-state index contributed by atoms with van der Waals surface area (Å²) in [5, 5.41) is 0. The van der Waals surface area contributed by atoms with Crippen LogP contribution >= 0.6 is 0 Å². The maximum atomic E-state index is 11.4. The van der Waals surface area contributed by atoms with Crippen LogP contribution in [0.3, 0.4) is 0 Å². The first-order chi connectivity index (χ1) is 11.1. The van der Waals surface area contributed by atoms with E-state index in [0.29, 0.717) is 6.73 Å². The molecule has 0 N–H and O–H groups in total. The van der Waals surface area contributed by atoms with Crippen molar-refractivity contribution in [2.45, 2.75) is 58.8 Å². The summed E-state index contributed by atoms with van der Waals surface area (Å²) >= 11 is 0. The number of aromatic nitrogens is 2. The first-order valence-corrected chi connectivity index (χ1v) is 11.9. The van der Waals surface area contributed by atoms with E-state index in [1.54, 1.807) is 39.3 Å². The lowest BCUT2D eigenvalue weighted by Gasteiger charge is -2.18.